The van der Waals surface area contributed by atoms with Gasteiger partial charge < -0.3 is 14.6 Å². The Morgan fingerprint density at radius 2 is 1.90 bits per heavy atom. The van der Waals surface area contributed by atoms with Gasteiger partial charge in [0.1, 0.15) is 6.10 Å². The third-order valence-electron chi connectivity index (χ3n) is 3.08. The predicted octanol–water partition coefficient (Wildman–Crippen LogP) is 3.06. The Labute approximate surface area is 132 Å². The second-order valence-electron chi connectivity index (χ2n) is 4.48. The van der Waals surface area contributed by atoms with Crippen LogP contribution >= 0.6 is 15.9 Å². The van der Waals surface area contributed by atoms with Gasteiger partial charge in [-0.2, -0.15) is 5.10 Å². The molecule has 1 aromatic carbocycles. The fourth-order valence-electron chi connectivity index (χ4n) is 2.12. The summed E-state index contributed by atoms with van der Waals surface area (Å²) in [5.41, 5.74) is 1.42. The summed E-state index contributed by atoms with van der Waals surface area (Å²) < 4.78 is 13.5. The van der Waals surface area contributed by atoms with E-state index in [1.807, 2.05) is 26.0 Å². The molecule has 1 aromatic heterocycles. The first-order valence-corrected chi connectivity index (χ1v) is 7.62. The summed E-state index contributed by atoms with van der Waals surface area (Å²) in [6.45, 7) is 4.94. The van der Waals surface area contributed by atoms with Crippen LogP contribution in [0.5, 0.6) is 11.5 Å². The van der Waals surface area contributed by atoms with E-state index in [2.05, 4.69) is 21.0 Å². The van der Waals surface area contributed by atoms with Crippen molar-refractivity contribution in [3.05, 3.63) is 40.1 Å². The number of aryl methyl sites for hydroxylation is 1. The van der Waals surface area contributed by atoms with E-state index in [-0.39, 0.29) is 0 Å². The van der Waals surface area contributed by atoms with Crippen molar-refractivity contribution in [2.75, 3.05) is 13.2 Å². The van der Waals surface area contributed by atoms with E-state index >= 15 is 0 Å². The third-order valence-corrected chi connectivity index (χ3v) is 3.69. The van der Waals surface area contributed by atoms with Gasteiger partial charge >= 0.3 is 0 Å². The number of nitrogens with zero attached hydrogens (tertiary/aromatic N) is 2. The van der Waals surface area contributed by atoms with E-state index in [0.29, 0.717) is 30.4 Å². The van der Waals surface area contributed by atoms with Crippen molar-refractivity contribution in [1.29, 1.82) is 0 Å². The summed E-state index contributed by atoms with van der Waals surface area (Å²) in [5, 5.41) is 14.7. The summed E-state index contributed by atoms with van der Waals surface area (Å²) in [4.78, 5) is 0. The molecule has 0 aliphatic rings. The molecule has 0 saturated heterocycles. The molecule has 0 aliphatic carbocycles. The Balaban J connectivity index is 2.37. The molecule has 0 fully saturated rings. The molecule has 2 aromatic rings. The molecule has 21 heavy (non-hydrogen) atoms. The van der Waals surface area contributed by atoms with Crippen LogP contribution in [-0.4, -0.2) is 28.1 Å². The van der Waals surface area contributed by atoms with Crippen molar-refractivity contribution in [1.82, 2.24) is 9.78 Å². The monoisotopic (exact) mass is 354 g/mol. The van der Waals surface area contributed by atoms with E-state index in [4.69, 9.17) is 9.47 Å². The van der Waals surface area contributed by atoms with Gasteiger partial charge in [-0.3, -0.25) is 4.68 Å². The average molecular weight is 355 g/mol. The molecule has 1 unspecified atom stereocenters. The van der Waals surface area contributed by atoms with Crippen molar-refractivity contribution in [2.45, 2.75) is 20.0 Å². The lowest BCUT2D eigenvalue weighted by Crippen LogP contribution is -2.08. The van der Waals surface area contributed by atoms with Gasteiger partial charge in [-0.25, -0.2) is 0 Å². The largest absolute Gasteiger partial charge is 0.490 e. The number of aliphatic hydroxyl groups is 1. The number of hydrogen-bond donors (Lipinski definition) is 1. The Kier molecular flexibility index (Phi) is 5.25. The predicted molar refractivity (Wildman–Crippen MR) is 83.7 cm³/mol. The lowest BCUT2D eigenvalue weighted by Gasteiger charge is -2.16. The minimum Gasteiger partial charge on any atom is -0.490 e. The van der Waals surface area contributed by atoms with Crippen LogP contribution in [0.2, 0.25) is 0 Å². The highest BCUT2D eigenvalue weighted by Gasteiger charge is 2.20. The van der Waals surface area contributed by atoms with Crippen LogP contribution in [0.15, 0.2) is 28.9 Å². The Hall–Kier alpha value is -1.53. The zero-order chi connectivity index (χ0) is 15.4. The molecule has 1 atom stereocenters. The number of benzene rings is 1. The molecule has 2 rings (SSSR count). The van der Waals surface area contributed by atoms with Gasteiger partial charge in [0.2, 0.25) is 0 Å². The summed E-state index contributed by atoms with van der Waals surface area (Å²) in [5.74, 6) is 1.31. The molecule has 5 nitrogen and oxygen atoms in total. The van der Waals surface area contributed by atoms with Gasteiger partial charge in [0.25, 0.3) is 0 Å². The minimum atomic E-state index is -0.790. The van der Waals surface area contributed by atoms with E-state index in [9.17, 15) is 5.11 Å². The first-order valence-electron chi connectivity index (χ1n) is 6.83. The van der Waals surface area contributed by atoms with E-state index in [1.54, 1.807) is 24.0 Å². The second-order valence-corrected chi connectivity index (χ2v) is 5.33. The molecule has 0 spiro atoms. The third kappa shape index (κ3) is 3.39. The molecule has 114 valence electrons. The topological polar surface area (TPSA) is 56.5 Å². The highest BCUT2D eigenvalue weighted by Crippen LogP contribution is 2.34. The number of halogens is 1. The summed E-state index contributed by atoms with van der Waals surface area (Å²) in [6.07, 6.45) is 0.873. The number of rotatable bonds is 6. The fourth-order valence-corrected chi connectivity index (χ4v) is 2.69. The molecule has 0 bridgehead atoms. The molecular weight excluding hydrogens is 336 g/mol. The molecule has 0 radical (unpaired) electrons. The van der Waals surface area contributed by atoms with Crippen LogP contribution in [0.1, 0.15) is 31.2 Å². The molecule has 6 heteroatoms. The molecule has 0 saturated carbocycles. The van der Waals surface area contributed by atoms with Crippen molar-refractivity contribution in [3.63, 3.8) is 0 Å². The van der Waals surface area contributed by atoms with Crippen LogP contribution in [0.3, 0.4) is 0 Å². The zero-order valence-electron chi connectivity index (χ0n) is 12.3. The second kappa shape index (κ2) is 6.95. The highest BCUT2D eigenvalue weighted by atomic mass is 79.9. The first kappa shape index (κ1) is 15.9. The Morgan fingerprint density at radius 3 is 2.48 bits per heavy atom. The van der Waals surface area contributed by atoms with Gasteiger partial charge in [-0.1, -0.05) is 6.07 Å². The SMILES string of the molecule is CCOc1ccc(C(O)c2c(Br)cnn2C)cc1OCC. The maximum Gasteiger partial charge on any atom is 0.161 e. The maximum absolute atomic E-state index is 10.6. The molecule has 1 heterocycles. The van der Waals surface area contributed by atoms with Crippen molar-refractivity contribution in [2.24, 2.45) is 7.05 Å². The standard InChI is InChI=1S/C15H19BrN2O3/c1-4-20-12-7-6-10(8-13(12)21-5-2)15(19)14-11(16)9-17-18(14)3/h6-9,15,19H,4-5H2,1-3H3. The van der Waals surface area contributed by atoms with Crippen LogP contribution in [0.4, 0.5) is 0 Å². The van der Waals surface area contributed by atoms with Gasteiger partial charge in [-0.05, 0) is 47.5 Å². The molecule has 1 N–H and O–H groups in total. The first-order chi connectivity index (χ1) is 10.1. The summed E-state index contributed by atoms with van der Waals surface area (Å²) in [7, 11) is 1.79. The van der Waals surface area contributed by atoms with Crippen LogP contribution < -0.4 is 9.47 Å². The van der Waals surface area contributed by atoms with Gasteiger partial charge in [-0.15, -0.1) is 0 Å². The van der Waals surface area contributed by atoms with Gasteiger partial charge in [0.15, 0.2) is 11.5 Å². The number of aromatic nitrogens is 2. The van der Waals surface area contributed by atoms with Crippen LogP contribution in [0, 0.1) is 0 Å². The Bertz CT molecular complexity index is 593. The fraction of sp³-hybridized carbons (Fsp3) is 0.400. The van der Waals surface area contributed by atoms with Crippen LogP contribution in [-0.2, 0) is 7.05 Å². The smallest absolute Gasteiger partial charge is 0.161 e. The normalized spacial score (nSPS) is 12.2. The van der Waals surface area contributed by atoms with Crippen LogP contribution in [0.25, 0.3) is 0 Å². The van der Waals surface area contributed by atoms with Crippen molar-refractivity contribution >= 4 is 15.9 Å². The minimum absolute atomic E-state index is 0.537. The Morgan fingerprint density at radius 1 is 1.24 bits per heavy atom. The lowest BCUT2D eigenvalue weighted by molar-refractivity contribution is 0.207. The number of aliphatic hydroxyl groups excluding tert-OH is 1. The van der Waals surface area contributed by atoms with E-state index in [0.717, 1.165) is 10.0 Å². The zero-order valence-corrected chi connectivity index (χ0v) is 13.9. The number of hydrogen-bond acceptors (Lipinski definition) is 4. The summed E-state index contributed by atoms with van der Waals surface area (Å²) in [6, 6.07) is 5.45. The highest BCUT2D eigenvalue weighted by molar-refractivity contribution is 9.10. The lowest BCUT2D eigenvalue weighted by atomic mass is 10.1. The molecule has 0 amide bonds. The summed E-state index contributed by atoms with van der Waals surface area (Å²) >= 11 is 3.40. The van der Waals surface area contributed by atoms with Crippen molar-refractivity contribution in [3.8, 4) is 11.5 Å². The van der Waals surface area contributed by atoms with Gasteiger partial charge in [0, 0.05) is 7.05 Å². The average Bonchev–Trinajstić information content (AvgIpc) is 2.80. The number of ether oxygens (including phenoxy) is 2. The van der Waals surface area contributed by atoms with Gasteiger partial charge in [0.05, 0.1) is 29.6 Å². The maximum atomic E-state index is 10.6. The van der Waals surface area contributed by atoms with Crippen molar-refractivity contribution < 1.29 is 14.6 Å². The quantitative estimate of drug-likeness (QED) is 0.865. The molecular formula is C15H19BrN2O3. The molecule has 0 aliphatic heterocycles. The van der Waals surface area contributed by atoms with E-state index < -0.39 is 6.10 Å². The van der Waals surface area contributed by atoms with E-state index in [1.165, 1.54) is 0 Å².